The van der Waals surface area contributed by atoms with Crippen molar-refractivity contribution in [2.24, 2.45) is 0 Å². The second-order valence-corrected chi connectivity index (χ2v) is 4.59. The summed E-state index contributed by atoms with van der Waals surface area (Å²) >= 11 is 5.96. The van der Waals surface area contributed by atoms with E-state index in [1.54, 1.807) is 12.3 Å². The van der Waals surface area contributed by atoms with Crippen LogP contribution >= 0.6 is 24.0 Å². The van der Waals surface area contributed by atoms with Crippen LogP contribution in [-0.2, 0) is 5.88 Å². The predicted molar refractivity (Wildman–Crippen MR) is 85.6 cm³/mol. The molecule has 0 atom stereocenters. The molecule has 0 saturated carbocycles. The first-order chi connectivity index (χ1) is 9.31. The van der Waals surface area contributed by atoms with Crippen LogP contribution in [0, 0.1) is 0 Å². The summed E-state index contributed by atoms with van der Waals surface area (Å²) in [5.74, 6) is 0.705. The molecule has 1 heterocycles. The molecule has 3 aromatic rings. The number of phenols is 1. The molecule has 0 amide bonds. The minimum absolute atomic E-state index is 0. The van der Waals surface area contributed by atoms with Crippen molar-refractivity contribution in [2.75, 3.05) is 0 Å². The maximum atomic E-state index is 10.00. The molecule has 0 saturated heterocycles. The summed E-state index contributed by atoms with van der Waals surface area (Å²) in [6, 6.07) is 15.1. The molecule has 0 bridgehead atoms. The van der Waals surface area contributed by atoms with Crippen molar-refractivity contribution in [3.63, 3.8) is 0 Å². The fourth-order valence-corrected chi connectivity index (χ4v) is 2.50. The van der Waals surface area contributed by atoms with E-state index in [1.807, 2.05) is 42.5 Å². The highest BCUT2D eigenvalue weighted by atomic mass is 35.5. The summed E-state index contributed by atoms with van der Waals surface area (Å²) in [5.41, 5.74) is 3.61. The minimum Gasteiger partial charge on any atom is -0.507 e. The molecular formula is C16H13Cl2NO. The van der Waals surface area contributed by atoms with Gasteiger partial charge in [0.15, 0.2) is 0 Å². The average molecular weight is 306 g/mol. The summed E-state index contributed by atoms with van der Waals surface area (Å²) in [7, 11) is 0. The number of fused-ring (bicyclic) bond motifs is 1. The van der Waals surface area contributed by atoms with E-state index in [4.69, 9.17) is 11.6 Å². The van der Waals surface area contributed by atoms with Crippen molar-refractivity contribution in [3.05, 3.63) is 60.3 Å². The zero-order chi connectivity index (χ0) is 13.2. The van der Waals surface area contributed by atoms with E-state index in [2.05, 4.69) is 4.98 Å². The standard InChI is InChI=1S/C16H12ClNO.ClH/c17-10-11-7-8-14(13-4-1-2-6-15(13)19)16-12(11)5-3-9-18-16;/h1-9,19H,10H2;1H. The number of alkyl halides is 1. The van der Waals surface area contributed by atoms with Crippen LogP contribution in [0.2, 0.25) is 0 Å². The van der Waals surface area contributed by atoms with E-state index in [0.29, 0.717) is 5.88 Å². The summed E-state index contributed by atoms with van der Waals surface area (Å²) in [5, 5.41) is 11.0. The van der Waals surface area contributed by atoms with E-state index in [-0.39, 0.29) is 18.2 Å². The maximum Gasteiger partial charge on any atom is 0.123 e. The molecule has 0 aliphatic rings. The van der Waals surface area contributed by atoms with E-state index in [9.17, 15) is 5.11 Å². The molecule has 0 fully saturated rings. The third-order valence-electron chi connectivity index (χ3n) is 3.20. The molecule has 2 nitrogen and oxygen atoms in total. The Morgan fingerprint density at radius 1 is 0.950 bits per heavy atom. The molecule has 102 valence electrons. The minimum atomic E-state index is 0. The molecule has 1 aromatic heterocycles. The van der Waals surface area contributed by atoms with Gasteiger partial charge >= 0.3 is 0 Å². The number of hydrogen-bond donors (Lipinski definition) is 1. The largest absolute Gasteiger partial charge is 0.507 e. The SMILES string of the molecule is Cl.Oc1ccccc1-c1ccc(CCl)c2cccnc12. The summed E-state index contributed by atoms with van der Waals surface area (Å²) in [6.45, 7) is 0. The van der Waals surface area contributed by atoms with E-state index in [1.165, 1.54) is 0 Å². The Kier molecular flexibility index (Phi) is 4.48. The first-order valence-electron chi connectivity index (χ1n) is 6.02. The van der Waals surface area contributed by atoms with Gasteiger partial charge in [-0.25, -0.2) is 0 Å². The van der Waals surface area contributed by atoms with Crippen molar-refractivity contribution in [1.82, 2.24) is 4.98 Å². The second-order valence-electron chi connectivity index (χ2n) is 4.32. The summed E-state index contributed by atoms with van der Waals surface area (Å²) in [6.07, 6.45) is 1.75. The molecule has 1 N–H and O–H groups in total. The quantitative estimate of drug-likeness (QED) is 0.692. The molecule has 0 aliphatic heterocycles. The van der Waals surface area contributed by atoms with E-state index >= 15 is 0 Å². The highest BCUT2D eigenvalue weighted by Gasteiger charge is 2.10. The zero-order valence-electron chi connectivity index (χ0n) is 10.6. The number of phenolic OH excluding ortho intramolecular Hbond substituents is 1. The Morgan fingerprint density at radius 2 is 1.75 bits per heavy atom. The number of aromatic nitrogens is 1. The van der Waals surface area contributed by atoms with Gasteiger partial charge in [0.25, 0.3) is 0 Å². The lowest BCUT2D eigenvalue weighted by atomic mass is 9.98. The number of pyridine rings is 1. The van der Waals surface area contributed by atoms with Crippen LogP contribution < -0.4 is 0 Å². The van der Waals surface area contributed by atoms with Gasteiger partial charge < -0.3 is 5.11 Å². The van der Waals surface area contributed by atoms with Crippen LogP contribution in [0.1, 0.15) is 5.56 Å². The Balaban J connectivity index is 0.00000147. The Bertz CT molecular complexity index is 743. The fraction of sp³-hybridized carbons (Fsp3) is 0.0625. The summed E-state index contributed by atoms with van der Waals surface area (Å²) in [4.78, 5) is 4.44. The first kappa shape index (κ1) is 14.6. The third kappa shape index (κ3) is 2.45. The Morgan fingerprint density at radius 3 is 2.50 bits per heavy atom. The van der Waals surface area contributed by atoms with Crippen LogP contribution in [0.25, 0.3) is 22.0 Å². The van der Waals surface area contributed by atoms with E-state index in [0.717, 1.165) is 27.6 Å². The van der Waals surface area contributed by atoms with Crippen molar-refractivity contribution in [1.29, 1.82) is 0 Å². The van der Waals surface area contributed by atoms with Gasteiger partial charge in [-0.15, -0.1) is 24.0 Å². The van der Waals surface area contributed by atoms with E-state index < -0.39 is 0 Å². The van der Waals surface area contributed by atoms with Gasteiger partial charge in [0, 0.05) is 28.6 Å². The van der Waals surface area contributed by atoms with Gasteiger partial charge in [-0.3, -0.25) is 4.98 Å². The topological polar surface area (TPSA) is 33.1 Å². The van der Waals surface area contributed by atoms with Crippen LogP contribution in [-0.4, -0.2) is 10.1 Å². The van der Waals surface area contributed by atoms with Crippen LogP contribution in [0.5, 0.6) is 5.75 Å². The molecule has 0 radical (unpaired) electrons. The first-order valence-corrected chi connectivity index (χ1v) is 6.55. The average Bonchev–Trinajstić information content (AvgIpc) is 2.47. The molecule has 20 heavy (non-hydrogen) atoms. The zero-order valence-corrected chi connectivity index (χ0v) is 12.2. The number of para-hydroxylation sites is 1. The highest BCUT2D eigenvalue weighted by molar-refractivity contribution is 6.18. The van der Waals surface area contributed by atoms with Crippen LogP contribution in [0.3, 0.4) is 0 Å². The van der Waals surface area contributed by atoms with Crippen molar-refractivity contribution in [3.8, 4) is 16.9 Å². The molecular weight excluding hydrogens is 293 g/mol. The number of halogens is 2. The monoisotopic (exact) mass is 305 g/mol. The van der Waals surface area contributed by atoms with Crippen molar-refractivity contribution in [2.45, 2.75) is 5.88 Å². The third-order valence-corrected chi connectivity index (χ3v) is 3.49. The predicted octanol–water partition coefficient (Wildman–Crippen LogP) is 4.77. The van der Waals surface area contributed by atoms with Gasteiger partial charge in [0.1, 0.15) is 5.75 Å². The Labute approximate surface area is 128 Å². The second kappa shape index (κ2) is 6.12. The molecule has 0 unspecified atom stereocenters. The molecule has 3 rings (SSSR count). The number of benzene rings is 2. The number of hydrogen-bond acceptors (Lipinski definition) is 2. The lowest BCUT2D eigenvalue weighted by Gasteiger charge is -2.10. The normalized spacial score (nSPS) is 10.2. The molecule has 0 spiro atoms. The molecule has 0 aliphatic carbocycles. The smallest absolute Gasteiger partial charge is 0.123 e. The lowest BCUT2D eigenvalue weighted by molar-refractivity contribution is 0.477. The lowest BCUT2D eigenvalue weighted by Crippen LogP contribution is -1.89. The van der Waals surface area contributed by atoms with Crippen LogP contribution in [0.15, 0.2) is 54.7 Å². The van der Waals surface area contributed by atoms with Crippen molar-refractivity contribution < 1.29 is 5.11 Å². The fourth-order valence-electron chi connectivity index (χ4n) is 2.27. The van der Waals surface area contributed by atoms with Gasteiger partial charge in [-0.1, -0.05) is 36.4 Å². The van der Waals surface area contributed by atoms with Gasteiger partial charge in [0.05, 0.1) is 5.52 Å². The molecule has 4 heteroatoms. The highest BCUT2D eigenvalue weighted by Crippen LogP contribution is 2.34. The number of rotatable bonds is 2. The Hall–Kier alpha value is -1.77. The van der Waals surface area contributed by atoms with Crippen molar-refractivity contribution >= 4 is 34.9 Å². The molecule has 2 aromatic carbocycles. The number of nitrogens with zero attached hydrogens (tertiary/aromatic N) is 1. The van der Waals surface area contributed by atoms with Gasteiger partial charge in [-0.2, -0.15) is 0 Å². The van der Waals surface area contributed by atoms with Gasteiger partial charge in [-0.05, 0) is 17.7 Å². The van der Waals surface area contributed by atoms with Gasteiger partial charge in [0.2, 0.25) is 0 Å². The van der Waals surface area contributed by atoms with Crippen LogP contribution in [0.4, 0.5) is 0 Å². The summed E-state index contributed by atoms with van der Waals surface area (Å²) < 4.78 is 0. The maximum absolute atomic E-state index is 10.00. The number of aromatic hydroxyl groups is 1.